The molecule has 85 heavy (non-hydrogen) atoms. The van der Waals surface area contributed by atoms with Crippen LogP contribution in [0.25, 0.3) is 93.9 Å². The van der Waals surface area contributed by atoms with Crippen LogP contribution in [0.15, 0.2) is 271 Å². The maximum atomic E-state index is 6.78. The van der Waals surface area contributed by atoms with Crippen LogP contribution < -0.4 is 26.2 Å². The minimum atomic E-state index is -0.217. The molecule has 5 heteroatoms. The molecule has 0 unspecified atom stereocenters. The molecule has 4 heterocycles. The van der Waals surface area contributed by atoms with Gasteiger partial charge in [0.15, 0.2) is 0 Å². The van der Waals surface area contributed by atoms with Gasteiger partial charge < -0.3 is 18.8 Å². The van der Waals surface area contributed by atoms with Crippen molar-refractivity contribution in [2.75, 3.05) is 9.80 Å². The molecule has 0 aliphatic carbocycles. The molecule has 0 atom stereocenters. The van der Waals surface area contributed by atoms with E-state index in [1.54, 1.807) is 0 Å². The molecule has 2 aliphatic rings. The first-order chi connectivity index (χ1) is 41.4. The molecule has 0 amide bonds. The van der Waals surface area contributed by atoms with E-state index >= 15 is 0 Å². The number of hydrogen-bond acceptors (Lipinski definition) is 3. The number of furan rings is 1. The first-order valence-corrected chi connectivity index (χ1v) is 29.9. The highest BCUT2D eigenvalue weighted by atomic mass is 16.3. The maximum absolute atomic E-state index is 6.78. The van der Waals surface area contributed by atoms with Gasteiger partial charge in [-0.3, -0.25) is 0 Å². The van der Waals surface area contributed by atoms with Crippen LogP contribution in [0.1, 0.15) is 52.7 Å². The van der Waals surface area contributed by atoms with Gasteiger partial charge in [0.1, 0.15) is 11.2 Å². The first kappa shape index (κ1) is 50.6. The van der Waals surface area contributed by atoms with Crippen molar-refractivity contribution in [1.29, 1.82) is 0 Å². The number of aromatic nitrogens is 1. The lowest BCUT2D eigenvalue weighted by Gasteiger charge is -2.45. The molecule has 2 aromatic heterocycles. The Morgan fingerprint density at radius 1 is 0.329 bits per heavy atom. The highest BCUT2D eigenvalue weighted by Gasteiger charge is 2.45. The van der Waals surface area contributed by atoms with Gasteiger partial charge in [-0.15, -0.1) is 0 Å². The molecule has 2 aliphatic heterocycles. The highest BCUT2D eigenvalue weighted by molar-refractivity contribution is 7.00. The predicted molar refractivity (Wildman–Crippen MR) is 361 cm³/mol. The Labute approximate surface area is 497 Å². The van der Waals surface area contributed by atoms with Crippen molar-refractivity contribution in [3.8, 4) is 50.2 Å². The minimum Gasteiger partial charge on any atom is -0.456 e. The van der Waals surface area contributed by atoms with Crippen LogP contribution in [0.2, 0.25) is 0 Å². The molecule has 16 rings (SSSR count). The van der Waals surface area contributed by atoms with Crippen LogP contribution in [0.4, 0.5) is 34.1 Å². The Balaban J connectivity index is 1.09. The minimum absolute atomic E-state index is 0.0156. The van der Waals surface area contributed by atoms with E-state index in [1.807, 2.05) is 0 Å². The van der Waals surface area contributed by atoms with Crippen LogP contribution in [-0.2, 0) is 10.8 Å². The van der Waals surface area contributed by atoms with Crippen LogP contribution >= 0.6 is 0 Å². The standard InChI is InChI=1S/C80H62BN3O/c1-79(2,3)57-40-37-52(38-41-57)56-46-72-77-73(47-56)84(78-63(53-25-12-8-13-26-53)48-58(80(4,5)6)49-64(78)54-27-14-9-15-28-54)70-44-42-59(82-67-32-19-16-29-60(67)61-30-17-20-33-68(61)82)50-66(70)81(77)65-45-55(51-23-10-7-11-24-51)39-43-69(65)83(72)71-34-22-36-75-76(71)62-31-18-21-35-74(62)85-75/h7-50H,1-6H3. The zero-order chi connectivity index (χ0) is 57.3. The summed E-state index contributed by atoms with van der Waals surface area (Å²) in [6.45, 7) is 13.7. The van der Waals surface area contributed by atoms with Crippen molar-refractivity contribution >= 4 is 101 Å². The lowest BCUT2D eigenvalue weighted by atomic mass is 9.33. The van der Waals surface area contributed by atoms with Crippen LogP contribution in [0.5, 0.6) is 0 Å². The number of rotatable bonds is 7. The van der Waals surface area contributed by atoms with E-state index in [9.17, 15) is 0 Å². The van der Waals surface area contributed by atoms with Gasteiger partial charge in [0.25, 0.3) is 6.71 Å². The van der Waals surface area contributed by atoms with E-state index < -0.39 is 0 Å². The van der Waals surface area contributed by atoms with Crippen molar-refractivity contribution in [3.63, 3.8) is 0 Å². The molecule has 0 N–H and O–H groups in total. The summed E-state index contributed by atoms with van der Waals surface area (Å²) < 4.78 is 9.27. The van der Waals surface area contributed by atoms with E-state index in [2.05, 4.69) is 323 Å². The second kappa shape index (κ2) is 19.2. The molecule has 0 bridgehead atoms. The fraction of sp³-hybridized carbons (Fsp3) is 0.100. The molecule has 0 spiro atoms. The Hall–Kier alpha value is -10.1. The highest BCUT2D eigenvalue weighted by Crippen LogP contribution is 2.54. The summed E-state index contributed by atoms with van der Waals surface area (Å²) in [5.41, 5.74) is 27.3. The van der Waals surface area contributed by atoms with Gasteiger partial charge in [-0.05, 0) is 151 Å². The van der Waals surface area contributed by atoms with Crippen molar-refractivity contribution in [2.24, 2.45) is 0 Å². The van der Waals surface area contributed by atoms with E-state index in [4.69, 9.17) is 4.42 Å². The largest absolute Gasteiger partial charge is 0.456 e. The number of benzene rings is 12. The van der Waals surface area contributed by atoms with Crippen molar-refractivity contribution in [2.45, 2.75) is 52.4 Å². The SMILES string of the molecule is CC(C)(C)c1ccc(-c2cc3c4c(c2)N(c2cccc5oc6ccccc6c25)c2ccc(-c5ccccc5)cc2B4c2cc(-n4c5ccccc5c5ccccc54)ccc2N3c2c(-c3ccccc3)cc(C(C)(C)C)cc2-c2ccccc2)cc1. The van der Waals surface area contributed by atoms with Gasteiger partial charge in [0, 0.05) is 55.7 Å². The van der Waals surface area contributed by atoms with E-state index in [1.165, 1.54) is 71.6 Å². The van der Waals surface area contributed by atoms with Gasteiger partial charge >= 0.3 is 0 Å². The monoisotopic (exact) mass is 1090 g/mol. The summed E-state index contributed by atoms with van der Waals surface area (Å²) in [6, 6.07) is 99.8. The molecule has 0 saturated heterocycles. The van der Waals surface area contributed by atoms with Crippen molar-refractivity contribution < 1.29 is 4.42 Å². The molecule has 0 saturated carbocycles. The molecular weight excluding hydrogens is 1030 g/mol. The Morgan fingerprint density at radius 2 is 0.824 bits per heavy atom. The number of anilines is 6. The topological polar surface area (TPSA) is 24.6 Å². The smallest absolute Gasteiger partial charge is 0.252 e. The molecule has 14 aromatic rings. The zero-order valence-corrected chi connectivity index (χ0v) is 48.7. The number of hydrogen-bond donors (Lipinski definition) is 0. The third-order valence-corrected chi connectivity index (χ3v) is 18.1. The first-order valence-electron chi connectivity index (χ1n) is 29.9. The van der Waals surface area contributed by atoms with Gasteiger partial charge in [-0.25, -0.2) is 0 Å². The number of para-hydroxylation sites is 3. The van der Waals surface area contributed by atoms with Crippen molar-refractivity contribution in [3.05, 3.63) is 278 Å². The second-order valence-corrected chi connectivity index (χ2v) is 25.3. The molecule has 406 valence electrons. The zero-order valence-electron chi connectivity index (χ0n) is 48.7. The lowest BCUT2D eigenvalue weighted by Crippen LogP contribution is -2.61. The van der Waals surface area contributed by atoms with Gasteiger partial charge in [0.05, 0.1) is 27.8 Å². The summed E-state index contributed by atoms with van der Waals surface area (Å²) >= 11 is 0. The van der Waals surface area contributed by atoms with Gasteiger partial charge in [0.2, 0.25) is 0 Å². The van der Waals surface area contributed by atoms with E-state index in [-0.39, 0.29) is 17.5 Å². The average Bonchev–Trinajstić information content (AvgIpc) is 1.21. The van der Waals surface area contributed by atoms with Crippen LogP contribution in [0, 0.1) is 0 Å². The van der Waals surface area contributed by atoms with E-state index in [0.717, 1.165) is 84.0 Å². The van der Waals surface area contributed by atoms with Gasteiger partial charge in [-0.1, -0.05) is 230 Å². The fourth-order valence-electron chi connectivity index (χ4n) is 13.9. The summed E-state index contributed by atoms with van der Waals surface area (Å²) in [5, 5.41) is 4.64. The average molecular weight is 1090 g/mol. The number of nitrogens with zero attached hydrogens (tertiary/aromatic N) is 3. The maximum Gasteiger partial charge on any atom is 0.252 e. The van der Waals surface area contributed by atoms with Gasteiger partial charge in [-0.2, -0.15) is 0 Å². The fourth-order valence-corrected chi connectivity index (χ4v) is 13.9. The molecule has 12 aromatic carbocycles. The third kappa shape index (κ3) is 8.12. The van der Waals surface area contributed by atoms with Crippen LogP contribution in [-0.4, -0.2) is 11.3 Å². The molecule has 0 radical (unpaired) electrons. The van der Waals surface area contributed by atoms with E-state index in [0.29, 0.717) is 0 Å². The molecule has 0 fully saturated rings. The molecule has 4 nitrogen and oxygen atoms in total. The van der Waals surface area contributed by atoms with Crippen LogP contribution in [0.3, 0.4) is 0 Å². The Bertz CT molecular complexity index is 4850. The third-order valence-electron chi connectivity index (χ3n) is 18.1. The lowest BCUT2D eigenvalue weighted by molar-refractivity contribution is 0.590. The second-order valence-electron chi connectivity index (χ2n) is 25.3. The summed E-state index contributed by atoms with van der Waals surface area (Å²) in [5.74, 6) is 0. The van der Waals surface area contributed by atoms with Crippen molar-refractivity contribution in [1.82, 2.24) is 4.57 Å². The normalized spacial score (nSPS) is 13.0. The number of fused-ring (bicyclic) bond motifs is 10. The summed E-state index contributed by atoms with van der Waals surface area (Å²) in [7, 11) is 0. The Kier molecular flexibility index (Phi) is 11.5. The quantitative estimate of drug-likeness (QED) is 0.149. The Morgan fingerprint density at radius 3 is 1.45 bits per heavy atom. The predicted octanol–water partition coefficient (Wildman–Crippen LogP) is 20.0. The summed E-state index contributed by atoms with van der Waals surface area (Å²) in [6.07, 6.45) is 0. The molecular formula is C80H62BN3O. The summed E-state index contributed by atoms with van der Waals surface area (Å²) in [4.78, 5) is 5.25.